The summed E-state index contributed by atoms with van der Waals surface area (Å²) in [7, 11) is 0. The molecule has 0 aliphatic rings. The molecule has 0 saturated carbocycles. The lowest BCUT2D eigenvalue weighted by Crippen LogP contribution is -2.37. The average molecular weight is 367 g/mol. The van der Waals surface area contributed by atoms with E-state index in [4.69, 9.17) is 4.74 Å². The number of aromatic nitrogens is 2. The van der Waals surface area contributed by atoms with E-state index in [1.165, 1.54) is 29.1 Å². The molecule has 0 bridgehead atoms. The SMILES string of the molecule is O=C(Cn1cccnc1=O)N[C@H](COc1ccccc1F)c1ccccc1. The maximum Gasteiger partial charge on any atom is 0.347 e. The first-order valence-electron chi connectivity index (χ1n) is 8.36. The van der Waals surface area contributed by atoms with Crippen LogP contribution in [0.5, 0.6) is 5.75 Å². The molecular weight excluding hydrogens is 349 g/mol. The average Bonchev–Trinajstić information content (AvgIpc) is 2.69. The zero-order valence-corrected chi connectivity index (χ0v) is 14.4. The van der Waals surface area contributed by atoms with E-state index < -0.39 is 17.5 Å². The van der Waals surface area contributed by atoms with Crippen molar-refractivity contribution in [3.63, 3.8) is 0 Å². The Hall–Kier alpha value is -3.48. The maximum atomic E-state index is 13.8. The van der Waals surface area contributed by atoms with Crippen molar-refractivity contribution >= 4 is 5.91 Å². The van der Waals surface area contributed by atoms with Gasteiger partial charge in [0.25, 0.3) is 0 Å². The molecule has 3 aromatic rings. The summed E-state index contributed by atoms with van der Waals surface area (Å²) in [6.45, 7) is -0.131. The molecule has 138 valence electrons. The van der Waals surface area contributed by atoms with Crippen molar-refractivity contribution in [2.45, 2.75) is 12.6 Å². The Morgan fingerprint density at radius 3 is 2.59 bits per heavy atom. The topological polar surface area (TPSA) is 73.2 Å². The van der Waals surface area contributed by atoms with E-state index in [0.717, 1.165) is 5.56 Å². The summed E-state index contributed by atoms with van der Waals surface area (Å²) in [5, 5.41) is 2.82. The molecule has 0 fully saturated rings. The number of hydrogen-bond acceptors (Lipinski definition) is 4. The van der Waals surface area contributed by atoms with E-state index in [0.29, 0.717) is 0 Å². The lowest BCUT2D eigenvalue weighted by molar-refractivity contribution is -0.122. The summed E-state index contributed by atoms with van der Waals surface area (Å²) in [5.41, 5.74) is 0.298. The van der Waals surface area contributed by atoms with E-state index >= 15 is 0 Å². The number of nitrogens with one attached hydrogen (secondary N) is 1. The van der Waals surface area contributed by atoms with Crippen LogP contribution in [0, 0.1) is 5.82 Å². The van der Waals surface area contributed by atoms with Gasteiger partial charge in [0, 0.05) is 12.4 Å². The maximum absolute atomic E-state index is 13.8. The minimum atomic E-state index is -0.509. The zero-order chi connectivity index (χ0) is 19.1. The molecule has 1 atom stereocenters. The molecule has 0 spiro atoms. The van der Waals surface area contributed by atoms with Gasteiger partial charge in [-0.1, -0.05) is 42.5 Å². The van der Waals surface area contributed by atoms with Gasteiger partial charge < -0.3 is 10.1 Å². The number of carbonyl (C=O) groups excluding carboxylic acids is 1. The smallest absolute Gasteiger partial charge is 0.347 e. The quantitative estimate of drug-likeness (QED) is 0.696. The molecule has 6 nitrogen and oxygen atoms in total. The number of hydrogen-bond donors (Lipinski definition) is 1. The lowest BCUT2D eigenvalue weighted by Gasteiger charge is -2.20. The van der Waals surface area contributed by atoms with Crippen molar-refractivity contribution in [1.82, 2.24) is 14.9 Å². The van der Waals surface area contributed by atoms with Crippen LogP contribution in [0.15, 0.2) is 77.9 Å². The van der Waals surface area contributed by atoms with E-state index in [9.17, 15) is 14.0 Å². The third-order valence-electron chi connectivity index (χ3n) is 3.88. The molecule has 0 aliphatic heterocycles. The highest BCUT2D eigenvalue weighted by molar-refractivity contribution is 5.76. The van der Waals surface area contributed by atoms with E-state index in [-0.39, 0.29) is 24.8 Å². The molecule has 2 aromatic carbocycles. The first kappa shape index (κ1) is 18.3. The summed E-state index contributed by atoms with van der Waals surface area (Å²) in [6.07, 6.45) is 2.86. The summed E-state index contributed by atoms with van der Waals surface area (Å²) < 4.78 is 20.5. The third-order valence-corrected chi connectivity index (χ3v) is 3.88. The van der Waals surface area contributed by atoms with Crippen LogP contribution < -0.4 is 15.7 Å². The highest BCUT2D eigenvalue weighted by Crippen LogP contribution is 2.19. The number of carbonyl (C=O) groups is 1. The second-order valence-corrected chi connectivity index (χ2v) is 5.80. The molecule has 0 radical (unpaired) electrons. The summed E-state index contributed by atoms with van der Waals surface area (Å²) in [4.78, 5) is 27.7. The molecule has 1 heterocycles. The Bertz CT molecular complexity index is 960. The number of amides is 1. The van der Waals surface area contributed by atoms with Crippen molar-refractivity contribution in [3.8, 4) is 5.75 Å². The van der Waals surface area contributed by atoms with Gasteiger partial charge in [0.05, 0.1) is 6.04 Å². The van der Waals surface area contributed by atoms with Crippen LogP contribution in [-0.2, 0) is 11.3 Å². The minimum Gasteiger partial charge on any atom is -0.488 e. The fourth-order valence-corrected chi connectivity index (χ4v) is 2.54. The Kier molecular flexibility index (Phi) is 5.94. The number of nitrogens with zero attached hydrogens (tertiary/aromatic N) is 2. The first-order valence-corrected chi connectivity index (χ1v) is 8.36. The number of ether oxygens (including phenoxy) is 1. The van der Waals surface area contributed by atoms with Gasteiger partial charge in [-0.25, -0.2) is 14.2 Å². The predicted molar refractivity (Wildman–Crippen MR) is 97.7 cm³/mol. The highest BCUT2D eigenvalue weighted by Gasteiger charge is 2.17. The molecule has 1 amide bonds. The summed E-state index contributed by atoms with van der Waals surface area (Å²) >= 11 is 0. The van der Waals surface area contributed by atoms with Crippen LogP contribution in [0.4, 0.5) is 4.39 Å². The van der Waals surface area contributed by atoms with Gasteiger partial charge in [0.2, 0.25) is 5.91 Å². The molecule has 3 rings (SSSR count). The van der Waals surface area contributed by atoms with Gasteiger partial charge in [-0.2, -0.15) is 0 Å². The Morgan fingerprint density at radius 2 is 1.85 bits per heavy atom. The largest absolute Gasteiger partial charge is 0.488 e. The lowest BCUT2D eigenvalue weighted by atomic mass is 10.1. The number of benzene rings is 2. The molecule has 0 aliphatic carbocycles. The number of para-hydroxylation sites is 1. The molecular formula is C20H18FN3O3. The van der Waals surface area contributed by atoms with Crippen LogP contribution in [-0.4, -0.2) is 22.1 Å². The Labute approximate surface area is 155 Å². The molecule has 27 heavy (non-hydrogen) atoms. The second-order valence-electron chi connectivity index (χ2n) is 5.80. The fraction of sp³-hybridized carbons (Fsp3) is 0.150. The summed E-state index contributed by atoms with van der Waals surface area (Å²) in [5.74, 6) is -0.746. The van der Waals surface area contributed by atoms with Gasteiger partial charge in [0.1, 0.15) is 13.2 Å². The van der Waals surface area contributed by atoms with Gasteiger partial charge >= 0.3 is 5.69 Å². The van der Waals surface area contributed by atoms with Gasteiger partial charge in [0.15, 0.2) is 11.6 Å². The monoisotopic (exact) mass is 367 g/mol. The first-order chi connectivity index (χ1) is 13.1. The molecule has 0 unspecified atom stereocenters. The van der Waals surface area contributed by atoms with Crippen molar-refractivity contribution in [2.75, 3.05) is 6.61 Å². The van der Waals surface area contributed by atoms with Crippen LogP contribution in [0.25, 0.3) is 0 Å². The minimum absolute atomic E-state index is 0.0403. The van der Waals surface area contributed by atoms with E-state index in [1.54, 1.807) is 18.2 Å². The Morgan fingerprint density at radius 1 is 1.11 bits per heavy atom. The summed E-state index contributed by atoms with van der Waals surface area (Å²) in [6, 6.07) is 16.3. The molecule has 7 heteroatoms. The van der Waals surface area contributed by atoms with Crippen molar-refractivity contribution in [2.24, 2.45) is 0 Å². The second kappa shape index (κ2) is 8.75. The fourth-order valence-electron chi connectivity index (χ4n) is 2.54. The van der Waals surface area contributed by atoms with Gasteiger partial charge in [-0.3, -0.25) is 9.36 Å². The van der Waals surface area contributed by atoms with E-state index in [1.807, 2.05) is 30.3 Å². The third kappa shape index (κ3) is 5.01. The van der Waals surface area contributed by atoms with Crippen molar-refractivity contribution in [3.05, 3.63) is 94.9 Å². The zero-order valence-electron chi connectivity index (χ0n) is 14.4. The van der Waals surface area contributed by atoms with Crippen LogP contribution in [0.3, 0.4) is 0 Å². The number of rotatable bonds is 7. The van der Waals surface area contributed by atoms with Crippen molar-refractivity contribution < 1.29 is 13.9 Å². The van der Waals surface area contributed by atoms with Crippen LogP contribution in [0.2, 0.25) is 0 Å². The van der Waals surface area contributed by atoms with Gasteiger partial charge in [-0.05, 0) is 23.8 Å². The highest BCUT2D eigenvalue weighted by atomic mass is 19.1. The normalized spacial score (nSPS) is 11.6. The standard InChI is InChI=1S/C20H18FN3O3/c21-16-9-4-5-10-18(16)27-14-17(15-7-2-1-3-8-15)23-19(25)13-24-12-6-11-22-20(24)26/h1-12,17H,13-14H2,(H,23,25)/t17-/m1/s1. The predicted octanol–water partition coefficient (Wildman–Crippen LogP) is 2.32. The molecule has 0 saturated heterocycles. The van der Waals surface area contributed by atoms with Gasteiger partial charge in [-0.15, -0.1) is 0 Å². The van der Waals surface area contributed by atoms with E-state index in [2.05, 4.69) is 10.3 Å². The van der Waals surface area contributed by atoms with Crippen molar-refractivity contribution in [1.29, 1.82) is 0 Å². The Balaban J connectivity index is 1.72. The molecule has 1 aromatic heterocycles. The van der Waals surface area contributed by atoms with Crippen LogP contribution >= 0.6 is 0 Å². The molecule has 1 N–H and O–H groups in total. The van der Waals surface area contributed by atoms with Crippen LogP contribution in [0.1, 0.15) is 11.6 Å². The number of halogens is 1.